The number of likely N-dealkylation sites (N-methyl/N-ethyl adjacent to an activating group) is 1. The second-order valence-corrected chi connectivity index (χ2v) is 11.6. The third-order valence-electron chi connectivity index (χ3n) is 8.09. The predicted molar refractivity (Wildman–Crippen MR) is 139 cm³/mol. The van der Waals surface area contributed by atoms with Crippen LogP contribution in [0.1, 0.15) is 65.2 Å². The molecule has 1 amide bonds. The number of amides is 1. The number of anilines is 2. The molecule has 2 fully saturated rings. The van der Waals surface area contributed by atoms with Gasteiger partial charge in [-0.05, 0) is 69.4 Å². The Labute approximate surface area is 214 Å². The Morgan fingerprint density at radius 3 is 2.61 bits per heavy atom. The van der Waals surface area contributed by atoms with Crippen LogP contribution in [0.2, 0.25) is 0 Å². The molecule has 5 heterocycles. The van der Waals surface area contributed by atoms with Gasteiger partial charge in [-0.3, -0.25) is 4.79 Å². The number of pyridine rings is 1. The Morgan fingerprint density at radius 2 is 1.89 bits per heavy atom. The lowest BCUT2D eigenvalue weighted by Crippen LogP contribution is -2.45. The molecule has 0 aromatic carbocycles. The Kier molecular flexibility index (Phi) is 6.00. The number of halogens is 1. The van der Waals surface area contributed by atoms with Crippen LogP contribution >= 0.6 is 11.3 Å². The van der Waals surface area contributed by atoms with Gasteiger partial charge in [0, 0.05) is 30.1 Å². The summed E-state index contributed by atoms with van der Waals surface area (Å²) in [5, 5.41) is 3.13. The number of carbonyl (C=O) groups excluding carboxylic acids is 1. The first-order chi connectivity index (χ1) is 17.4. The van der Waals surface area contributed by atoms with Crippen LogP contribution < -0.4 is 5.32 Å². The summed E-state index contributed by atoms with van der Waals surface area (Å²) in [4.78, 5) is 32.1. The summed E-state index contributed by atoms with van der Waals surface area (Å²) in [6.45, 7) is 2.94. The fraction of sp³-hybridized carbons (Fsp3) is 0.481. The fourth-order valence-electron chi connectivity index (χ4n) is 6.08. The zero-order valence-corrected chi connectivity index (χ0v) is 21.6. The van der Waals surface area contributed by atoms with E-state index in [0.717, 1.165) is 63.0 Å². The van der Waals surface area contributed by atoms with E-state index in [9.17, 15) is 9.18 Å². The molecule has 1 saturated heterocycles. The van der Waals surface area contributed by atoms with Crippen molar-refractivity contribution in [3.05, 3.63) is 52.4 Å². The number of hydrogen-bond donors (Lipinski definition) is 1. The minimum absolute atomic E-state index is 0.00624. The minimum Gasteiger partial charge on any atom is -0.341 e. The van der Waals surface area contributed by atoms with Gasteiger partial charge in [-0.25, -0.2) is 19.3 Å². The lowest BCUT2D eigenvalue weighted by molar-refractivity contribution is 0.0728. The molecule has 0 atom stereocenters. The van der Waals surface area contributed by atoms with Crippen LogP contribution in [0.25, 0.3) is 10.6 Å². The van der Waals surface area contributed by atoms with Crippen molar-refractivity contribution in [2.24, 2.45) is 0 Å². The molecule has 36 heavy (non-hydrogen) atoms. The van der Waals surface area contributed by atoms with E-state index < -0.39 is 5.82 Å². The van der Waals surface area contributed by atoms with E-state index in [-0.39, 0.29) is 23.0 Å². The van der Waals surface area contributed by atoms with Gasteiger partial charge in [0.05, 0.1) is 16.6 Å². The number of likely N-dealkylation sites (tertiary alicyclic amines) is 1. The topological polar surface area (TPSA) is 74.2 Å². The van der Waals surface area contributed by atoms with E-state index in [0.29, 0.717) is 22.2 Å². The molecule has 3 aromatic heterocycles. The molecule has 7 nitrogen and oxygen atoms in total. The molecule has 1 N–H and O–H groups in total. The molecule has 1 saturated carbocycles. The van der Waals surface area contributed by atoms with Crippen LogP contribution in [-0.4, -0.2) is 64.4 Å². The van der Waals surface area contributed by atoms with Gasteiger partial charge in [0.2, 0.25) is 5.95 Å². The minimum atomic E-state index is -0.494. The highest BCUT2D eigenvalue weighted by molar-refractivity contribution is 7.16. The summed E-state index contributed by atoms with van der Waals surface area (Å²) in [5.41, 5.74) is 2.15. The zero-order chi connectivity index (χ0) is 24.9. The lowest BCUT2D eigenvalue weighted by atomic mass is 9.79. The highest BCUT2D eigenvalue weighted by atomic mass is 32.1. The first kappa shape index (κ1) is 23.5. The summed E-state index contributed by atoms with van der Waals surface area (Å²) in [6, 6.07) is 5.86. The van der Waals surface area contributed by atoms with Gasteiger partial charge in [-0.1, -0.05) is 18.9 Å². The second-order valence-electron chi connectivity index (χ2n) is 10.6. The van der Waals surface area contributed by atoms with Crippen LogP contribution in [0.5, 0.6) is 0 Å². The molecule has 6 rings (SSSR count). The van der Waals surface area contributed by atoms with Crippen LogP contribution in [0.3, 0.4) is 0 Å². The molecule has 9 heteroatoms. The fourth-order valence-corrected chi connectivity index (χ4v) is 7.46. The maximum absolute atomic E-state index is 14.9. The molecule has 1 aliphatic carbocycles. The van der Waals surface area contributed by atoms with Crippen molar-refractivity contribution in [2.75, 3.05) is 39.0 Å². The molecule has 0 radical (unpaired) electrons. The molecule has 188 valence electrons. The predicted octanol–water partition coefficient (Wildman–Crippen LogP) is 5.19. The van der Waals surface area contributed by atoms with Crippen molar-refractivity contribution >= 4 is 29.0 Å². The van der Waals surface area contributed by atoms with Gasteiger partial charge < -0.3 is 15.1 Å². The first-order valence-electron chi connectivity index (χ1n) is 12.8. The third-order valence-corrected chi connectivity index (χ3v) is 9.47. The largest absolute Gasteiger partial charge is 0.341 e. The first-order valence-corrected chi connectivity index (χ1v) is 13.6. The average molecular weight is 507 g/mol. The maximum atomic E-state index is 14.9. The molecule has 2 aliphatic heterocycles. The highest BCUT2D eigenvalue weighted by Gasteiger charge is 2.45. The number of thiophene rings is 1. The number of nitrogens with one attached hydrogen (secondary N) is 1. The van der Waals surface area contributed by atoms with Crippen molar-refractivity contribution in [3.63, 3.8) is 0 Å². The second kappa shape index (κ2) is 9.19. The summed E-state index contributed by atoms with van der Waals surface area (Å²) in [5.74, 6) is 0.955. The molecule has 3 aromatic rings. The van der Waals surface area contributed by atoms with Crippen LogP contribution in [-0.2, 0) is 5.41 Å². The van der Waals surface area contributed by atoms with Gasteiger partial charge in [0.25, 0.3) is 5.91 Å². The number of carbonyl (C=O) groups is 1. The molecule has 1 spiro atoms. The number of piperidine rings is 1. The number of rotatable bonds is 4. The zero-order valence-electron chi connectivity index (χ0n) is 20.8. The van der Waals surface area contributed by atoms with Gasteiger partial charge in [0.1, 0.15) is 11.5 Å². The SMILES string of the molecule is CN1CCC(c2ccc(Nc3ncc(F)c(-c4cc5c(s4)C4(CCCC4)CN(C)C5=O)n3)nc2)CC1. The van der Waals surface area contributed by atoms with Crippen LogP contribution in [0, 0.1) is 5.82 Å². The van der Waals surface area contributed by atoms with Gasteiger partial charge >= 0.3 is 0 Å². The van der Waals surface area contributed by atoms with E-state index in [1.807, 2.05) is 30.3 Å². The van der Waals surface area contributed by atoms with Crippen molar-refractivity contribution in [1.82, 2.24) is 24.8 Å². The standard InChI is InChI=1S/C27H31FN6OS/c1-33-11-7-17(8-12-33)18-5-6-22(29-14-18)31-26-30-15-20(28)23(32-26)21-13-19-24(36-21)27(9-3-4-10-27)16-34(2)25(19)35/h5-6,13-15,17H,3-4,7-12,16H2,1-2H3,(H,29,30,31,32). The Morgan fingerprint density at radius 1 is 1.11 bits per heavy atom. The Bertz CT molecular complexity index is 1280. The quantitative estimate of drug-likeness (QED) is 0.525. The molecule has 0 bridgehead atoms. The van der Waals surface area contributed by atoms with E-state index in [1.165, 1.54) is 23.1 Å². The molecule has 3 aliphatic rings. The van der Waals surface area contributed by atoms with Crippen molar-refractivity contribution in [2.45, 2.75) is 49.9 Å². The number of hydrogen-bond acceptors (Lipinski definition) is 7. The van der Waals surface area contributed by atoms with E-state index in [1.54, 1.807) is 0 Å². The lowest BCUT2D eigenvalue weighted by Gasteiger charge is -2.38. The van der Waals surface area contributed by atoms with E-state index in [4.69, 9.17) is 0 Å². The van der Waals surface area contributed by atoms with Crippen LogP contribution in [0.4, 0.5) is 16.2 Å². The average Bonchev–Trinajstić information content (AvgIpc) is 3.54. The van der Waals surface area contributed by atoms with Gasteiger partial charge in [0.15, 0.2) is 5.82 Å². The molecular formula is C27H31FN6OS. The number of fused-ring (bicyclic) bond motifs is 2. The smallest absolute Gasteiger partial charge is 0.254 e. The maximum Gasteiger partial charge on any atom is 0.254 e. The molecular weight excluding hydrogens is 475 g/mol. The third kappa shape index (κ3) is 4.18. The number of aromatic nitrogens is 3. The Balaban J connectivity index is 1.26. The summed E-state index contributed by atoms with van der Waals surface area (Å²) in [7, 11) is 4.02. The van der Waals surface area contributed by atoms with E-state index in [2.05, 4.69) is 38.3 Å². The summed E-state index contributed by atoms with van der Waals surface area (Å²) in [6.07, 6.45) is 9.84. The summed E-state index contributed by atoms with van der Waals surface area (Å²) < 4.78 is 14.9. The number of nitrogens with zero attached hydrogens (tertiary/aromatic N) is 5. The Hall–Kier alpha value is -2.91. The normalized spacial score (nSPS) is 20.2. The van der Waals surface area contributed by atoms with Crippen LogP contribution in [0.15, 0.2) is 30.6 Å². The highest BCUT2D eigenvalue weighted by Crippen LogP contribution is 2.50. The van der Waals surface area contributed by atoms with Crippen molar-refractivity contribution in [3.8, 4) is 10.6 Å². The molecule has 0 unspecified atom stereocenters. The van der Waals surface area contributed by atoms with E-state index >= 15 is 0 Å². The van der Waals surface area contributed by atoms with Gasteiger partial charge in [-0.2, -0.15) is 0 Å². The summed E-state index contributed by atoms with van der Waals surface area (Å²) >= 11 is 1.51. The van der Waals surface area contributed by atoms with Crippen molar-refractivity contribution < 1.29 is 9.18 Å². The van der Waals surface area contributed by atoms with Gasteiger partial charge in [-0.15, -0.1) is 11.3 Å². The monoisotopic (exact) mass is 506 g/mol. The van der Waals surface area contributed by atoms with Crippen molar-refractivity contribution in [1.29, 1.82) is 0 Å².